The lowest BCUT2D eigenvalue weighted by Gasteiger charge is -2.13. The molecule has 8 aromatic carbocycles. The van der Waals surface area contributed by atoms with Gasteiger partial charge in [0.15, 0.2) is 17.5 Å². The Morgan fingerprint density at radius 2 is 0.959 bits per heavy atom. The fourth-order valence-corrected chi connectivity index (χ4v) is 7.14. The zero-order chi connectivity index (χ0) is 32.3. The first-order chi connectivity index (χ1) is 24.3. The van der Waals surface area contributed by atoms with Crippen molar-refractivity contribution in [3.05, 3.63) is 164 Å². The van der Waals surface area contributed by atoms with Crippen molar-refractivity contribution >= 4 is 54.3 Å². The monoisotopic (exact) mass is 625 g/mol. The van der Waals surface area contributed by atoms with Gasteiger partial charge < -0.3 is 4.42 Å². The smallest absolute Gasteiger partial charge is 0.164 e. The molecule has 0 atom stereocenters. The SMILES string of the molecule is c1ccc(-c2cc(-c3nc(-c4ccc5ccccc5c4)nc(-c4cc5ccccc5c5ccccc45)n3)c3c(c2)oc2ccccc23)cc1. The summed E-state index contributed by atoms with van der Waals surface area (Å²) in [7, 11) is 0. The largest absolute Gasteiger partial charge is 0.456 e. The molecule has 0 radical (unpaired) electrons. The lowest BCUT2D eigenvalue weighted by molar-refractivity contribution is 0.669. The zero-order valence-electron chi connectivity index (χ0n) is 26.3. The van der Waals surface area contributed by atoms with Gasteiger partial charge in [-0.3, -0.25) is 0 Å². The first-order valence-corrected chi connectivity index (χ1v) is 16.4. The lowest BCUT2D eigenvalue weighted by atomic mass is 9.96. The second kappa shape index (κ2) is 11.0. The summed E-state index contributed by atoms with van der Waals surface area (Å²) in [5, 5.41) is 8.92. The maximum absolute atomic E-state index is 6.49. The van der Waals surface area contributed by atoms with E-state index in [-0.39, 0.29) is 0 Å². The summed E-state index contributed by atoms with van der Waals surface area (Å²) in [5.74, 6) is 1.84. The minimum absolute atomic E-state index is 0.597. The molecule has 4 heteroatoms. The van der Waals surface area contributed by atoms with Gasteiger partial charge >= 0.3 is 0 Å². The Bertz CT molecular complexity index is 2890. The first-order valence-electron chi connectivity index (χ1n) is 16.4. The van der Waals surface area contributed by atoms with Gasteiger partial charge in [0.1, 0.15) is 11.2 Å². The van der Waals surface area contributed by atoms with Crippen LogP contribution in [0.4, 0.5) is 0 Å². The molecule has 49 heavy (non-hydrogen) atoms. The van der Waals surface area contributed by atoms with E-state index in [0.717, 1.165) is 65.9 Å². The highest BCUT2D eigenvalue weighted by molar-refractivity contribution is 6.14. The third kappa shape index (κ3) is 4.57. The fourth-order valence-electron chi connectivity index (χ4n) is 7.14. The summed E-state index contributed by atoms with van der Waals surface area (Å²) in [4.78, 5) is 15.8. The number of rotatable bonds is 4. The molecule has 10 rings (SSSR count). The molecule has 0 saturated carbocycles. The van der Waals surface area contributed by atoms with Gasteiger partial charge in [-0.2, -0.15) is 0 Å². The fraction of sp³-hybridized carbons (Fsp3) is 0. The molecular weight excluding hydrogens is 599 g/mol. The van der Waals surface area contributed by atoms with Crippen LogP contribution in [-0.4, -0.2) is 15.0 Å². The summed E-state index contributed by atoms with van der Waals surface area (Å²) >= 11 is 0. The molecule has 0 spiro atoms. The highest BCUT2D eigenvalue weighted by atomic mass is 16.3. The van der Waals surface area contributed by atoms with Gasteiger partial charge in [-0.1, -0.05) is 133 Å². The van der Waals surface area contributed by atoms with Crippen molar-refractivity contribution in [1.82, 2.24) is 15.0 Å². The van der Waals surface area contributed by atoms with E-state index in [1.54, 1.807) is 0 Å². The number of fused-ring (bicyclic) bond motifs is 7. The number of hydrogen-bond donors (Lipinski definition) is 0. The van der Waals surface area contributed by atoms with Crippen molar-refractivity contribution in [2.24, 2.45) is 0 Å². The van der Waals surface area contributed by atoms with E-state index in [0.29, 0.717) is 17.5 Å². The maximum atomic E-state index is 6.49. The molecule has 2 aromatic heterocycles. The van der Waals surface area contributed by atoms with E-state index in [1.165, 1.54) is 16.2 Å². The van der Waals surface area contributed by atoms with Gasteiger partial charge in [0.05, 0.1) is 0 Å². The van der Waals surface area contributed by atoms with Crippen LogP contribution in [0.1, 0.15) is 0 Å². The average molecular weight is 626 g/mol. The van der Waals surface area contributed by atoms with E-state index in [2.05, 4.69) is 140 Å². The minimum atomic E-state index is 0.597. The van der Waals surface area contributed by atoms with E-state index in [4.69, 9.17) is 19.4 Å². The van der Waals surface area contributed by atoms with E-state index in [9.17, 15) is 0 Å². The molecule has 10 aromatic rings. The van der Waals surface area contributed by atoms with E-state index in [1.807, 2.05) is 24.3 Å². The van der Waals surface area contributed by atoms with Crippen LogP contribution >= 0.6 is 0 Å². The second-order valence-electron chi connectivity index (χ2n) is 12.4. The molecule has 0 aliphatic rings. The molecule has 0 aliphatic carbocycles. The summed E-state index contributed by atoms with van der Waals surface area (Å²) in [6.07, 6.45) is 0. The third-order valence-corrected chi connectivity index (χ3v) is 9.48. The number of para-hydroxylation sites is 1. The number of furan rings is 1. The van der Waals surface area contributed by atoms with Crippen LogP contribution in [-0.2, 0) is 0 Å². The van der Waals surface area contributed by atoms with Crippen molar-refractivity contribution in [3.8, 4) is 45.3 Å². The van der Waals surface area contributed by atoms with Gasteiger partial charge in [-0.25, -0.2) is 15.0 Å². The quantitative estimate of drug-likeness (QED) is 0.183. The van der Waals surface area contributed by atoms with Crippen LogP contribution in [0.15, 0.2) is 168 Å². The predicted molar refractivity (Wildman–Crippen MR) is 201 cm³/mol. The van der Waals surface area contributed by atoms with Gasteiger partial charge in [0, 0.05) is 27.5 Å². The first kappa shape index (κ1) is 27.5. The predicted octanol–water partition coefficient (Wildman–Crippen LogP) is 11.9. The Morgan fingerprint density at radius 1 is 0.327 bits per heavy atom. The number of hydrogen-bond acceptors (Lipinski definition) is 4. The maximum Gasteiger partial charge on any atom is 0.164 e. The number of aromatic nitrogens is 3. The summed E-state index contributed by atoms with van der Waals surface area (Å²) in [6.45, 7) is 0. The lowest BCUT2D eigenvalue weighted by Crippen LogP contribution is -2.01. The average Bonchev–Trinajstić information content (AvgIpc) is 3.56. The normalized spacial score (nSPS) is 11.7. The molecule has 0 amide bonds. The molecule has 0 fully saturated rings. The van der Waals surface area contributed by atoms with Gasteiger partial charge in [0.2, 0.25) is 0 Å². The second-order valence-corrected chi connectivity index (χ2v) is 12.4. The summed E-state index contributed by atoms with van der Waals surface area (Å²) < 4.78 is 6.49. The van der Waals surface area contributed by atoms with Crippen molar-refractivity contribution in [2.75, 3.05) is 0 Å². The topological polar surface area (TPSA) is 51.8 Å². The Kier molecular flexibility index (Phi) is 6.15. The van der Waals surface area contributed by atoms with Crippen LogP contribution in [0.2, 0.25) is 0 Å². The number of nitrogens with zero attached hydrogens (tertiary/aromatic N) is 3. The highest BCUT2D eigenvalue weighted by Crippen LogP contribution is 2.41. The van der Waals surface area contributed by atoms with Crippen molar-refractivity contribution in [1.29, 1.82) is 0 Å². The van der Waals surface area contributed by atoms with Crippen molar-refractivity contribution in [2.45, 2.75) is 0 Å². The standard InChI is InChI=1S/C45H27N3O/c1-2-12-28(13-3-1)33-26-39(42-37-20-10-11-21-40(37)49-41(42)27-33)45-47-43(32-23-22-29-14-4-5-15-30(29)24-32)46-44(48-45)38-25-31-16-6-7-17-34(31)35-18-8-9-19-36(35)38/h1-27H. The Labute approximate surface area is 282 Å². The van der Waals surface area contributed by atoms with Crippen LogP contribution in [0, 0.1) is 0 Å². The molecule has 2 heterocycles. The van der Waals surface area contributed by atoms with Crippen LogP contribution < -0.4 is 0 Å². The Hall–Kier alpha value is -6.65. The van der Waals surface area contributed by atoms with Gasteiger partial charge in [0.25, 0.3) is 0 Å². The Balaban J connectivity index is 1.31. The van der Waals surface area contributed by atoms with E-state index < -0.39 is 0 Å². The van der Waals surface area contributed by atoms with E-state index >= 15 is 0 Å². The van der Waals surface area contributed by atoms with Crippen molar-refractivity contribution < 1.29 is 4.42 Å². The van der Waals surface area contributed by atoms with Crippen LogP contribution in [0.25, 0.3) is 99.5 Å². The molecular formula is C45H27N3O. The highest BCUT2D eigenvalue weighted by Gasteiger charge is 2.21. The molecule has 4 nitrogen and oxygen atoms in total. The van der Waals surface area contributed by atoms with Gasteiger partial charge in [-0.05, 0) is 73.8 Å². The zero-order valence-corrected chi connectivity index (χ0v) is 26.3. The van der Waals surface area contributed by atoms with Crippen molar-refractivity contribution in [3.63, 3.8) is 0 Å². The molecule has 228 valence electrons. The number of benzene rings is 8. The minimum Gasteiger partial charge on any atom is -0.456 e. The molecule has 0 aliphatic heterocycles. The van der Waals surface area contributed by atoms with Gasteiger partial charge in [-0.15, -0.1) is 0 Å². The molecule has 0 N–H and O–H groups in total. The molecule has 0 saturated heterocycles. The molecule has 0 bridgehead atoms. The molecule has 0 unspecified atom stereocenters. The summed E-state index contributed by atoms with van der Waals surface area (Å²) in [6, 6.07) is 56.9. The summed E-state index contributed by atoms with van der Waals surface area (Å²) in [5.41, 5.74) is 6.55. The van der Waals surface area contributed by atoms with Crippen LogP contribution in [0.3, 0.4) is 0 Å². The Morgan fingerprint density at radius 3 is 1.80 bits per heavy atom. The van der Waals surface area contributed by atoms with Crippen LogP contribution in [0.5, 0.6) is 0 Å². The third-order valence-electron chi connectivity index (χ3n) is 9.48.